The fourth-order valence-corrected chi connectivity index (χ4v) is 1.72. The highest BCUT2D eigenvalue weighted by Crippen LogP contribution is 2.25. The maximum atomic E-state index is 13.4. The number of benzene rings is 1. The molecule has 7 heteroatoms. The Morgan fingerprint density at radius 3 is 2.81 bits per heavy atom. The summed E-state index contributed by atoms with van der Waals surface area (Å²) in [6.07, 6.45) is 0.0459. The van der Waals surface area contributed by atoms with Crippen molar-refractivity contribution in [1.82, 2.24) is 10.1 Å². The van der Waals surface area contributed by atoms with Crippen molar-refractivity contribution in [2.75, 3.05) is 6.61 Å². The molecule has 114 valence electrons. The average Bonchev–Trinajstić information content (AvgIpc) is 2.90. The Kier molecular flexibility index (Phi) is 4.61. The zero-order valence-corrected chi connectivity index (χ0v) is 12.8. The number of ether oxygens (including phenoxy) is 1. The molecule has 0 aliphatic rings. The lowest BCUT2D eigenvalue weighted by Crippen LogP contribution is -2.40. The van der Waals surface area contributed by atoms with Crippen LogP contribution in [0, 0.1) is 5.82 Å². The molecule has 0 saturated heterocycles. The number of rotatable bonds is 5. The summed E-state index contributed by atoms with van der Waals surface area (Å²) in [7, 11) is 0. The van der Waals surface area contributed by atoms with Gasteiger partial charge in [-0.2, -0.15) is 4.98 Å². The van der Waals surface area contributed by atoms with E-state index in [1.807, 2.05) is 13.8 Å². The van der Waals surface area contributed by atoms with Crippen LogP contribution in [0.1, 0.15) is 26.6 Å². The van der Waals surface area contributed by atoms with Crippen LogP contribution in [0.25, 0.3) is 11.5 Å². The molecule has 0 spiro atoms. The fourth-order valence-electron chi connectivity index (χ4n) is 1.61. The van der Waals surface area contributed by atoms with E-state index in [1.165, 1.54) is 12.1 Å². The molecule has 0 amide bonds. The van der Waals surface area contributed by atoms with Gasteiger partial charge in [0.15, 0.2) is 5.82 Å². The van der Waals surface area contributed by atoms with Gasteiger partial charge in [-0.25, -0.2) is 4.39 Å². The lowest BCUT2D eigenvalue weighted by molar-refractivity contribution is 0.0410. The molecule has 1 atom stereocenters. The average molecular weight is 314 g/mol. The number of aromatic nitrogens is 2. The highest BCUT2D eigenvalue weighted by molar-refractivity contribution is 6.30. The minimum atomic E-state index is -0.892. The molecule has 5 nitrogen and oxygen atoms in total. The molecule has 1 heterocycles. The van der Waals surface area contributed by atoms with Gasteiger partial charge in [-0.1, -0.05) is 16.8 Å². The van der Waals surface area contributed by atoms with Crippen LogP contribution in [0.3, 0.4) is 0 Å². The second-order valence-corrected chi connectivity index (χ2v) is 5.74. The third-order valence-corrected chi connectivity index (χ3v) is 3.13. The number of hydrogen-bond donors (Lipinski definition) is 1. The van der Waals surface area contributed by atoms with Gasteiger partial charge in [0.2, 0.25) is 0 Å². The Balaban J connectivity index is 2.22. The highest BCUT2D eigenvalue weighted by atomic mass is 35.5. The predicted octanol–water partition coefficient (Wildman–Crippen LogP) is 3.13. The van der Waals surface area contributed by atoms with E-state index in [2.05, 4.69) is 10.1 Å². The van der Waals surface area contributed by atoms with Gasteiger partial charge in [-0.05, 0) is 39.0 Å². The largest absolute Gasteiger partial charge is 0.376 e. The molecule has 21 heavy (non-hydrogen) atoms. The van der Waals surface area contributed by atoms with E-state index in [1.54, 1.807) is 13.0 Å². The Morgan fingerprint density at radius 2 is 2.19 bits per heavy atom. The molecular formula is C14H17ClFN3O2. The molecular weight excluding hydrogens is 297 g/mol. The van der Waals surface area contributed by atoms with Gasteiger partial charge in [0, 0.05) is 5.56 Å². The normalized spacial score (nSPS) is 14.4. The summed E-state index contributed by atoms with van der Waals surface area (Å²) >= 11 is 5.64. The van der Waals surface area contributed by atoms with E-state index in [0.29, 0.717) is 11.4 Å². The van der Waals surface area contributed by atoms with Crippen LogP contribution >= 0.6 is 11.6 Å². The predicted molar refractivity (Wildman–Crippen MR) is 77.3 cm³/mol. The van der Waals surface area contributed by atoms with Crippen molar-refractivity contribution in [1.29, 1.82) is 0 Å². The third kappa shape index (κ3) is 3.78. The zero-order chi connectivity index (χ0) is 15.6. The maximum Gasteiger partial charge on any atom is 0.258 e. The zero-order valence-electron chi connectivity index (χ0n) is 12.1. The second kappa shape index (κ2) is 6.09. The van der Waals surface area contributed by atoms with Gasteiger partial charge < -0.3 is 15.0 Å². The molecule has 0 radical (unpaired) electrons. The Bertz CT molecular complexity index is 628. The Hall–Kier alpha value is -1.50. The lowest BCUT2D eigenvalue weighted by atomic mass is 10.1. The van der Waals surface area contributed by atoms with Crippen molar-refractivity contribution < 1.29 is 13.7 Å². The lowest BCUT2D eigenvalue weighted by Gasteiger charge is -2.21. The van der Waals surface area contributed by atoms with E-state index in [0.717, 1.165) is 0 Å². The van der Waals surface area contributed by atoms with Gasteiger partial charge in [0.1, 0.15) is 11.4 Å². The summed E-state index contributed by atoms with van der Waals surface area (Å²) in [5, 5.41) is 3.88. The topological polar surface area (TPSA) is 74.2 Å². The van der Waals surface area contributed by atoms with Gasteiger partial charge in [-0.15, -0.1) is 0 Å². The standard InChI is InChI=1S/C14H17ClFN3O2/c1-8(2)20-7-14(3,17)13-18-12(21-19-13)9-4-5-10(15)11(16)6-9/h4-6,8H,7,17H2,1-3H3. The van der Waals surface area contributed by atoms with E-state index in [4.69, 9.17) is 26.6 Å². The third-order valence-electron chi connectivity index (χ3n) is 2.82. The van der Waals surface area contributed by atoms with Crippen LogP contribution in [0.4, 0.5) is 4.39 Å². The van der Waals surface area contributed by atoms with E-state index in [-0.39, 0.29) is 23.6 Å². The number of hydrogen-bond acceptors (Lipinski definition) is 5. The van der Waals surface area contributed by atoms with Crippen LogP contribution in [0.15, 0.2) is 22.7 Å². The van der Waals surface area contributed by atoms with E-state index < -0.39 is 11.4 Å². The molecule has 0 aliphatic carbocycles. The van der Waals surface area contributed by atoms with Gasteiger partial charge in [-0.3, -0.25) is 0 Å². The van der Waals surface area contributed by atoms with Crippen LogP contribution in [0.2, 0.25) is 5.02 Å². The first-order valence-electron chi connectivity index (χ1n) is 6.49. The van der Waals surface area contributed by atoms with Crippen molar-refractivity contribution >= 4 is 11.6 Å². The summed E-state index contributed by atoms with van der Waals surface area (Å²) in [5.74, 6) is -0.0668. The van der Waals surface area contributed by atoms with Crippen LogP contribution in [0.5, 0.6) is 0 Å². The molecule has 0 aliphatic heterocycles. The van der Waals surface area contributed by atoms with Gasteiger partial charge in [0.05, 0.1) is 17.7 Å². The quantitative estimate of drug-likeness (QED) is 0.918. The van der Waals surface area contributed by atoms with Crippen molar-refractivity contribution in [3.8, 4) is 11.5 Å². The van der Waals surface area contributed by atoms with Crippen molar-refractivity contribution in [3.63, 3.8) is 0 Å². The number of nitrogens with two attached hydrogens (primary N) is 1. The molecule has 1 unspecified atom stereocenters. The minimum absolute atomic E-state index is 0.0347. The first-order valence-corrected chi connectivity index (χ1v) is 6.87. The first-order chi connectivity index (χ1) is 9.79. The fraction of sp³-hybridized carbons (Fsp3) is 0.429. The molecule has 2 N–H and O–H groups in total. The Labute approximate surface area is 127 Å². The smallest absolute Gasteiger partial charge is 0.258 e. The minimum Gasteiger partial charge on any atom is -0.376 e. The summed E-state index contributed by atoms with van der Waals surface area (Å²) in [6, 6.07) is 4.26. The van der Waals surface area contributed by atoms with E-state index in [9.17, 15) is 4.39 Å². The molecule has 0 fully saturated rings. The van der Waals surface area contributed by atoms with E-state index >= 15 is 0 Å². The van der Waals surface area contributed by atoms with Crippen LogP contribution in [-0.4, -0.2) is 22.9 Å². The van der Waals surface area contributed by atoms with Gasteiger partial charge >= 0.3 is 0 Å². The van der Waals surface area contributed by atoms with Crippen molar-refractivity contribution in [3.05, 3.63) is 34.9 Å². The maximum absolute atomic E-state index is 13.4. The molecule has 0 saturated carbocycles. The monoisotopic (exact) mass is 313 g/mol. The highest BCUT2D eigenvalue weighted by Gasteiger charge is 2.28. The van der Waals surface area contributed by atoms with Crippen molar-refractivity contribution in [2.45, 2.75) is 32.4 Å². The molecule has 1 aromatic heterocycles. The van der Waals surface area contributed by atoms with Crippen molar-refractivity contribution in [2.24, 2.45) is 5.73 Å². The van der Waals surface area contributed by atoms with Gasteiger partial charge in [0.25, 0.3) is 5.89 Å². The second-order valence-electron chi connectivity index (χ2n) is 5.33. The first kappa shape index (κ1) is 15.9. The molecule has 0 bridgehead atoms. The summed E-state index contributed by atoms with van der Waals surface area (Å²) in [4.78, 5) is 4.21. The molecule has 1 aromatic carbocycles. The molecule has 2 aromatic rings. The summed E-state index contributed by atoms with van der Waals surface area (Å²) in [5.41, 5.74) is 5.68. The summed E-state index contributed by atoms with van der Waals surface area (Å²) < 4.78 is 24.1. The SMILES string of the molecule is CC(C)OCC(C)(N)c1noc(-c2ccc(Cl)c(F)c2)n1. The molecule has 2 rings (SSSR count). The van der Waals surface area contributed by atoms with Crippen LogP contribution in [-0.2, 0) is 10.3 Å². The van der Waals surface area contributed by atoms with Crippen LogP contribution < -0.4 is 5.73 Å². The number of nitrogens with zero attached hydrogens (tertiary/aromatic N) is 2. The number of halogens is 2. The Morgan fingerprint density at radius 1 is 1.48 bits per heavy atom. The summed E-state index contributed by atoms with van der Waals surface area (Å²) in [6.45, 7) is 5.81.